The third-order valence-corrected chi connectivity index (χ3v) is 3.17. The second-order valence-electron chi connectivity index (χ2n) is 4.62. The Hall–Kier alpha value is -1.53. The SMILES string of the molecule is CN(CCC(F)(F)F)C(=O)[C@@H]1CC=CC[C@@H]1C(=O)O. The summed E-state index contributed by atoms with van der Waals surface area (Å²) in [6.45, 7) is -0.450. The maximum Gasteiger partial charge on any atom is 0.390 e. The van der Waals surface area contributed by atoms with Gasteiger partial charge in [-0.2, -0.15) is 13.2 Å². The molecule has 1 rings (SSSR count). The Morgan fingerprint density at radius 3 is 2.26 bits per heavy atom. The molecule has 0 bridgehead atoms. The minimum atomic E-state index is -4.33. The van der Waals surface area contributed by atoms with Crippen molar-refractivity contribution in [3.8, 4) is 0 Å². The van der Waals surface area contributed by atoms with Gasteiger partial charge in [0, 0.05) is 13.6 Å². The van der Waals surface area contributed by atoms with Gasteiger partial charge in [-0.3, -0.25) is 9.59 Å². The van der Waals surface area contributed by atoms with Crippen molar-refractivity contribution in [3.05, 3.63) is 12.2 Å². The largest absolute Gasteiger partial charge is 0.481 e. The van der Waals surface area contributed by atoms with Gasteiger partial charge in [0.2, 0.25) is 5.91 Å². The van der Waals surface area contributed by atoms with Crippen molar-refractivity contribution in [2.24, 2.45) is 11.8 Å². The Morgan fingerprint density at radius 2 is 1.79 bits per heavy atom. The molecule has 7 heteroatoms. The maximum absolute atomic E-state index is 12.1. The lowest BCUT2D eigenvalue weighted by Crippen LogP contribution is -2.41. The summed E-state index contributed by atoms with van der Waals surface area (Å²) in [5.41, 5.74) is 0. The van der Waals surface area contributed by atoms with Gasteiger partial charge in [-0.25, -0.2) is 0 Å². The molecule has 0 aromatic carbocycles. The van der Waals surface area contributed by atoms with Crippen LogP contribution in [0.2, 0.25) is 0 Å². The van der Waals surface area contributed by atoms with Crippen molar-refractivity contribution in [2.45, 2.75) is 25.4 Å². The summed E-state index contributed by atoms with van der Waals surface area (Å²) >= 11 is 0. The van der Waals surface area contributed by atoms with Crippen molar-refractivity contribution in [1.82, 2.24) is 4.90 Å². The number of carbonyl (C=O) groups is 2. The molecule has 0 saturated carbocycles. The summed E-state index contributed by atoms with van der Waals surface area (Å²) in [5, 5.41) is 9.01. The fourth-order valence-electron chi connectivity index (χ4n) is 2.05. The highest BCUT2D eigenvalue weighted by molar-refractivity contribution is 5.85. The molecule has 4 nitrogen and oxygen atoms in total. The molecule has 19 heavy (non-hydrogen) atoms. The number of hydrogen-bond acceptors (Lipinski definition) is 2. The number of halogens is 3. The standard InChI is InChI=1S/C12H16F3NO3/c1-16(7-6-12(13,14)15)10(17)8-4-2-3-5-9(8)11(18)19/h2-3,8-9H,4-7H2,1H3,(H,18,19)/t8-,9+/m1/s1. The molecular weight excluding hydrogens is 263 g/mol. The summed E-state index contributed by atoms with van der Waals surface area (Å²) in [5.74, 6) is -3.26. The first-order valence-electron chi connectivity index (χ1n) is 5.92. The maximum atomic E-state index is 12.1. The molecule has 2 atom stereocenters. The van der Waals surface area contributed by atoms with Gasteiger partial charge < -0.3 is 10.0 Å². The highest BCUT2D eigenvalue weighted by Gasteiger charge is 2.36. The van der Waals surface area contributed by atoms with Crippen LogP contribution in [0.25, 0.3) is 0 Å². The van der Waals surface area contributed by atoms with Crippen LogP contribution in [0.15, 0.2) is 12.2 Å². The average Bonchev–Trinajstić information content (AvgIpc) is 2.34. The van der Waals surface area contributed by atoms with Crippen LogP contribution >= 0.6 is 0 Å². The number of hydrogen-bond donors (Lipinski definition) is 1. The first-order valence-corrected chi connectivity index (χ1v) is 5.92. The van der Waals surface area contributed by atoms with E-state index in [4.69, 9.17) is 5.11 Å². The predicted octanol–water partition coefficient (Wildman–Crippen LogP) is 2.06. The second kappa shape index (κ2) is 6.08. The molecule has 0 aliphatic heterocycles. The van der Waals surface area contributed by atoms with Crippen molar-refractivity contribution >= 4 is 11.9 Å². The lowest BCUT2D eigenvalue weighted by molar-refractivity contribution is -0.153. The van der Waals surface area contributed by atoms with E-state index in [0.717, 1.165) is 4.90 Å². The van der Waals surface area contributed by atoms with Crippen molar-refractivity contribution in [3.63, 3.8) is 0 Å². The molecule has 0 heterocycles. The lowest BCUT2D eigenvalue weighted by atomic mass is 9.82. The molecule has 0 radical (unpaired) electrons. The number of amides is 1. The zero-order valence-electron chi connectivity index (χ0n) is 10.5. The smallest absolute Gasteiger partial charge is 0.390 e. The monoisotopic (exact) mass is 279 g/mol. The van der Waals surface area contributed by atoms with Gasteiger partial charge >= 0.3 is 12.1 Å². The Bertz CT molecular complexity index is 379. The van der Waals surface area contributed by atoms with Crippen LogP contribution in [0.5, 0.6) is 0 Å². The fraction of sp³-hybridized carbons (Fsp3) is 0.667. The quantitative estimate of drug-likeness (QED) is 0.801. The highest BCUT2D eigenvalue weighted by atomic mass is 19.4. The van der Waals surface area contributed by atoms with Crippen LogP contribution in [0.1, 0.15) is 19.3 Å². The zero-order valence-corrected chi connectivity index (χ0v) is 10.5. The van der Waals surface area contributed by atoms with Crippen molar-refractivity contribution < 1.29 is 27.9 Å². The molecule has 0 aromatic heterocycles. The Balaban J connectivity index is 2.64. The number of nitrogens with zero attached hydrogens (tertiary/aromatic N) is 1. The van der Waals surface area contributed by atoms with Gasteiger partial charge in [0.25, 0.3) is 0 Å². The van der Waals surface area contributed by atoms with Crippen LogP contribution in [0.3, 0.4) is 0 Å². The molecule has 0 fully saturated rings. The summed E-state index contributed by atoms with van der Waals surface area (Å²) in [6, 6.07) is 0. The van der Waals surface area contributed by atoms with E-state index in [1.165, 1.54) is 7.05 Å². The van der Waals surface area contributed by atoms with E-state index in [0.29, 0.717) is 0 Å². The summed E-state index contributed by atoms with van der Waals surface area (Å²) in [4.78, 5) is 24.0. The van der Waals surface area contributed by atoms with Gasteiger partial charge in [0.05, 0.1) is 18.3 Å². The second-order valence-corrected chi connectivity index (χ2v) is 4.62. The van der Waals surface area contributed by atoms with Crippen LogP contribution in [-0.4, -0.2) is 41.7 Å². The molecular formula is C12H16F3NO3. The Kier molecular flexibility index (Phi) is 4.97. The molecule has 1 aliphatic carbocycles. The number of carboxylic acids is 1. The summed E-state index contributed by atoms with van der Waals surface area (Å²) in [6.07, 6.45) is -1.55. The highest BCUT2D eigenvalue weighted by Crippen LogP contribution is 2.28. The molecule has 1 N–H and O–H groups in total. The first-order chi connectivity index (χ1) is 8.72. The number of allylic oxidation sites excluding steroid dienone is 2. The van der Waals surface area contributed by atoms with E-state index in [1.54, 1.807) is 12.2 Å². The minimum absolute atomic E-state index is 0.235. The topological polar surface area (TPSA) is 57.6 Å². The fourth-order valence-corrected chi connectivity index (χ4v) is 2.05. The van der Waals surface area contributed by atoms with Crippen LogP contribution < -0.4 is 0 Å². The number of aliphatic carboxylic acids is 1. The third-order valence-electron chi connectivity index (χ3n) is 3.17. The van der Waals surface area contributed by atoms with Gasteiger partial charge in [0.1, 0.15) is 0 Å². The van der Waals surface area contributed by atoms with E-state index in [9.17, 15) is 22.8 Å². The lowest BCUT2D eigenvalue weighted by Gasteiger charge is -2.28. The Morgan fingerprint density at radius 1 is 1.26 bits per heavy atom. The van der Waals surface area contributed by atoms with Crippen LogP contribution in [0, 0.1) is 11.8 Å². The number of carboxylic acid groups (broad SMARTS) is 1. The molecule has 0 spiro atoms. The molecule has 1 amide bonds. The van der Waals surface area contributed by atoms with Crippen molar-refractivity contribution in [2.75, 3.05) is 13.6 Å². The van der Waals surface area contributed by atoms with Gasteiger partial charge in [-0.15, -0.1) is 0 Å². The number of alkyl halides is 3. The minimum Gasteiger partial charge on any atom is -0.481 e. The number of carbonyl (C=O) groups excluding carboxylic acids is 1. The zero-order chi connectivity index (χ0) is 14.6. The Labute approximate surface area is 108 Å². The van der Waals surface area contributed by atoms with E-state index in [-0.39, 0.29) is 12.8 Å². The molecule has 1 aliphatic rings. The average molecular weight is 279 g/mol. The first kappa shape index (κ1) is 15.5. The third kappa shape index (κ3) is 4.57. The molecule has 108 valence electrons. The molecule has 0 unspecified atom stereocenters. The van der Waals surface area contributed by atoms with Crippen molar-refractivity contribution in [1.29, 1.82) is 0 Å². The van der Waals surface area contributed by atoms with E-state index in [1.807, 2.05) is 0 Å². The number of rotatable bonds is 4. The summed E-state index contributed by atoms with van der Waals surface area (Å²) in [7, 11) is 1.27. The normalized spacial score (nSPS) is 23.2. The van der Waals surface area contributed by atoms with E-state index in [2.05, 4.69) is 0 Å². The van der Waals surface area contributed by atoms with Crippen LogP contribution in [0.4, 0.5) is 13.2 Å². The predicted molar refractivity (Wildman–Crippen MR) is 61.3 cm³/mol. The van der Waals surface area contributed by atoms with Gasteiger partial charge in [0.15, 0.2) is 0 Å². The van der Waals surface area contributed by atoms with E-state index >= 15 is 0 Å². The molecule has 0 aromatic rings. The van der Waals surface area contributed by atoms with Crippen LogP contribution in [-0.2, 0) is 9.59 Å². The van der Waals surface area contributed by atoms with Gasteiger partial charge in [-0.1, -0.05) is 12.2 Å². The molecule has 0 saturated heterocycles. The summed E-state index contributed by atoms with van der Waals surface area (Å²) < 4.78 is 36.2. The van der Waals surface area contributed by atoms with Gasteiger partial charge in [-0.05, 0) is 12.8 Å². The van der Waals surface area contributed by atoms with E-state index < -0.39 is 42.9 Å².